The molecule has 0 atom stereocenters. The molecule has 0 bridgehead atoms. The van der Waals surface area contributed by atoms with Gasteiger partial charge in [0, 0.05) is 24.2 Å². The fraction of sp³-hybridized carbons (Fsp3) is 0.500. The van der Waals surface area contributed by atoms with Gasteiger partial charge in [-0.2, -0.15) is 0 Å². The van der Waals surface area contributed by atoms with E-state index in [4.69, 9.17) is 16.7 Å². The molecule has 1 aromatic heterocycles. The number of nitrogens with one attached hydrogen (secondary N) is 1. The Bertz CT molecular complexity index is 489. The van der Waals surface area contributed by atoms with Crippen molar-refractivity contribution < 1.29 is 14.7 Å². The molecule has 0 aliphatic carbocycles. The highest BCUT2D eigenvalue weighted by Crippen LogP contribution is 2.26. The molecule has 6 heteroatoms. The van der Waals surface area contributed by atoms with Crippen molar-refractivity contribution in [1.29, 1.82) is 0 Å². The van der Waals surface area contributed by atoms with E-state index in [0.717, 1.165) is 0 Å². The van der Waals surface area contributed by atoms with Gasteiger partial charge < -0.3 is 10.4 Å². The van der Waals surface area contributed by atoms with Gasteiger partial charge in [0.1, 0.15) is 5.69 Å². The van der Waals surface area contributed by atoms with Crippen LogP contribution in [0.15, 0.2) is 18.3 Å². The summed E-state index contributed by atoms with van der Waals surface area (Å²) in [5, 5.41) is 11.9. The second-order valence-electron chi connectivity index (χ2n) is 5.42. The van der Waals surface area contributed by atoms with Crippen LogP contribution in [0.1, 0.15) is 43.6 Å². The van der Waals surface area contributed by atoms with Crippen molar-refractivity contribution in [2.75, 3.05) is 6.54 Å². The van der Waals surface area contributed by atoms with Crippen molar-refractivity contribution in [3.63, 3.8) is 0 Å². The zero-order chi connectivity index (χ0) is 15.2. The van der Waals surface area contributed by atoms with Gasteiger partial charge in [-0.25, -0.2) is 0 Å². The molecule has 0 radical (unpaired) electrons. The Morgan fingerprint density at radius 2 is 2.10 bits per heavy atom. The summed E-state index contributed by atoms with van der Waals surface area (Å²) < 4.78 is 0. The van der Waals surface area contributed by atoms with Gasteiger partial charge in [-0.15, -0.1) is 0 Å². The Kier molecular flexibility index (Phi) is 5.95. The van der Waals surface area contributed by atoms with Gasteiger partial charge in [-0.1, -0.05) is 25.4 Å². The lowest BCUT2D eigenvalue weighted by Gasteiger charge is -2.23. The number of carbonyl (C=O) groups is 2. The second kappa shape index (κ2) is 7.24. The molecule has 0 saturated heterocycles. The number of carbonyl (C=O) groups excluding carboxylic acids is 1. The van der Waals surface area contributed by atoms with Crippen LogP contribution in [0.25, 0.3) is 0 Å². The summed E-state index contributed by atoms with van der Waals surface area (Å²) in [6.07, 6.45) is 2.89. The van der Waals surface area contributed by atoms with Crippen LogP contribution in [0.3, 0.4) is 0 Å². The molecule has 110 valence electrons. The molecule has 0 aliphatic heterocycles. The SMILES string of the molecule is CC(C)(CCNC(=O)c1cc(Cl)ccn1)CCC(=O)O. The van der Waals surface area contributed by atoms with Crippen molar-refractivity contribution in [2.45, 2.75) is 33.1 Å². The van der Waals surface area contributed by atoms with Gasteiger partial charge in [0.2, 0.25) is 0 Å². The summed E-state index contributed by atoms with van der Waals surface area (Å²) in [5.74, 6) is -1.08. The number of hydrogen-bond acceptors (Lipinski definition) is 3. The van der Waals surface area contributed by atoms with E-state index >= 15 is 0 Å². The number of rotatable bonds is 7. The summed E-state index contributed by atoms with van der Waals surface area (Å²) in [6, 6.07) is 3.11. The van der Waals surface area contributed by atoms with Crippen LogP contribution >= 0.6 is 11.6 Å². The fourth-order valence-corrected chi connectivity index (χ4v) is 1.86. The number of nitrogens with zero attached hydrogens (tertiary/aromatic N) is 1. The number of halogens is 1. The number of aliphatic carboxylic acids is 1. The first-order valence-electron chi connectivity index (χ1n) is 6.42. The van der Waals surface area contributed by atoms with Gasteiger partial charge in [0.15, 0.2) is 0 Å². The summed E-state index contributed by atoms with van der Waals surface area (Å²) in [6.45, 7) is 4.44. The summed E-state index contributed by atoms with van der Waals surface area (Å²) in [4.78, 5) is 26.3. The number of hydrogen-bond donors (Lipinski definition) is 2. The highest BCUT2D eigenvalue weighted by atomic mass is 35.5. The maximum atomic E-state index is 11.8. The van der Waals surface area contributed by atoms with E-state index in [1.807, 2.05) is 13.8 Å². The van der Waals surface area contributed by atoms with Crippen LogP contribution in [-0.4, -0.2) is 28.5 Å². The van der Waals surface area contributed by atoms with Crippen molar-refractivity contribution in [3.05, 3.63) is 29.0 Å². The monoisotopic (exact) mass is 298 g/mol. The number of pyridine rings is 1. The smallest absolute Gasteiger partial charge is 0.303 e. The third-order valence-corrected chi connectivity index (χ3v) is 3.29. The van der Waals surface area contributed by atoms with E-state index < -0.39 is 5.97 Å². The van der Waals surface area contributed by atoms with E-state index in [1.165, 1.54) is 12.3 Å². The third kappa shape index (κ3) is 6.02. The highest BCUT2D eigenvalue weighted by Gasteiger charge is 2.19. The molecule has 0 unspecified atom stereocenters. The van der Waals surface area contributed by atoms with E-state index in [0.29, 0.717) is 24.4 Å². The first-order chi connectivity index (χ1) is 9.30. The molecule has 2 N–H and O–H groups in total. The molecular formula is C14H19ClN2O3. The van der Waals surface area contributed by atoms with E-state index in [9.17, 15) is 9.59 Å². The van der Waals surface area contributed by atoms with E-state index in [-0.39, 0.29) is 23.4 Å². The van der Waals surface area contributed by atoms with Crippen LogP contribution in [0, 0.1) is 5.41 Å². The highest BCUT2D eigenvalue weighted by molar-refractivity contribution is 6.30. The zero-order valence-electron chi connectivity index (χ0n) is 11.6. The molecule has 0 saturated carbocycles. The van der Waals surface area contributed by atoms with Crippen LogP contribution in [0.5, 0.6) is 0 Å². The van der Waals surface area contributed by atoms with Crippen molar-refractivity contribution in [1.82, 2.24) is 10.3 Å². The molecule has 5 nitrogen and oxygen atoms in total. The summed E-state index contributed by atoms with van der Waals surface area (Å²) in [7, 11) is 0. The minimum Gasteiger partial charge on any atom is -0.481 e. The van der Waals surface area contributed by atoms with Crippen molar-refractivity contribution >= 4 is 23.5 Å². The summed E-state index contributed by atoms with van der Waals surface area (Å²) in [5.41, 5.74) is 0.147. The standard InChI is InChI=1S/C14H19ClN2O3/c1-14(2,5-3-12(18)19)6-8-17-13(20)11-9-10(15)4-7-16-11/h4,7,9H,3,5-6,8H2,1-2H3,(H,17,20)(H,18,19). The first-order valence-corrected chi connectivity index (χ1v) is 6.79. The summed E-state index contributed by atoms with van der Waals surface area (Å²) >= 11 is 5.79. The Balaban J connectivity index is 2.40. The van der Waals surface area contributed by atoms with Crippen molar-refractivity contribution in [3.8, 4) is 0 Å². The number of carboxylic acid groups (broad SMARTS) is 1. The molecule has 0 aromatic carbocycles. The number of aromatic nitrogens is 1. The minimum absolute atomic E-state index is 0.132. The van der Waals surface area contributed by atoms with Crippen LogP contribution in [-0.2, 0) is 4.79 Å². The fourth-order valence-electron chi connectivity index (χ4n) is 1.70. The first kappa shape index (κ1) is 16.4. The predicted molar refractivity (Wildman–Crippen MR) is 76.8 cm³/mol. The largest absolute Gasteiger partial charge is 0.481 e. The van der Waals surface area contributed by atoms with Crippen LogP contribution < -0.4 is 5.32 Å². The third-order valence-electron chi connectivity index (χ3n) is 3.06. The Hall–Kier alpha value is -1.62. The quantitative estimate of drug-likeness (QED) is 0.811. The zero-order valence-corrected chi connectivity index (χ0v) is 12.4. The molecule has 0 fully saturated rings. The molecular weight excluding hydrogens is 280 g/mol. The van der Waals surface area contributed by atoms with Gasteiger partial charge in [-0.3, -0.25) is 14.6 Å². The molecule has 0 aliphatic rings. The average Bonchev–Trinajstić information content (AvgIpc) is 2.36. The molecule has 1 amide bonds. The maximum Gasteiger partial charge on any atom is 0.303 e. The lowest BCUT2D eigenvalue weighted by molar-refractivity contribution is -0.137. The molecule has 1 rings (SSSR count). The number of amides is 1. The van der Waals surface area contributed by atoms with Gasteiger partial charge in [0.25, 0.3) is 5.91 Å². The van der Waals surface area contributed by atoms with Crippen LogP contribution in [0.2, 0.25) is 5.02 Å². The van der Waals surface area contributed by atoms with Crippen molar-refractivity contribution in [2.24, 2.45) is 5.41 Å². The van der Waals surface area contributed by atoms with Gasteiger partial charge in [-0.05, 0) is 30.4 Å². The maximum absolute atomic E-state index is 11.8. The topological polar surface area (TPSA) is 79.3 Å². The Morgan fingerprint density at radius 3 is 2.70 bits per heavy atom. The van der Waals surface area contributed by atoms with E-state index in [1.54, 1.807) is 6.07 Å². The normalized spacial score (nSPS) is 11.2. The minimum atomic E-state index is -0.801. The Morgan fingerprint density at radius 1 is 1.40 bits per heavy atom. The lowest BCUT2D eigenvalue weighted by Crippen LogP contribution is -2.29. The molecule has 0 spiro atoms. The second-order valence-corrected chi connectivity index (χ2v) is 5.86. The van der Waals surface area contributed by atoms with Gasteiger partial charge in [0.05, 0.1) is 0 Å². The predicted octanol–water partition coefficient (Wildman–Crippen LogP) is 2.75. The number of carboxylic acids is 1. The molecule has 1 heterocycles. The molecule has 20 heavy (non-hydrogen) atoms. The van der Waals surface area contributed by atoms with E-state index in [2.05, 4.69) is 10.3 Å². The average molecular weight is 299 g/mol. The van der Waals surface area contributed by atoms with Crippen LogP contribution in [0.4, 0.5) is 0 Å². The Labute approximate surface area is 123 Å². The lowest BCUT2D eigenvalue weighted by atomic mass is 9.84. The van der Waals surface area contributed by atoms with Gasteiger partial charge >= 0.3 is 5.97 Å². The molecule has 1 aromatic rings.